The van der Waals surface area contributed by atoms with Gasteiger partial charge in [0.15, 0.2) is 0 Å². The molecule has 0 spiro atoms. The van der Waals surface area contributed by atoms with Gasteiger partial charge in [0.2, 0.25) is 0 Å². The van der Waals surface area contributed by atoms with Crippen LogP contribution in [-0.4, -0.2) is 36.1 Å². The molecule has 1 saturated heterocycles. The minimum absolute atomic E-state index is 0.00393. The summed E-state index contributed by atoms with van der Waals surface area (Å²) >= 11 is 3.31. The number of hydrogen-bond donors (Lipinski definition) is 1. The molecule has 2 heterocycles. The van der Waals surface area contributed by atoms with Crippen LogP contribution in [0.3, 0.4) is 0 Å². The maximum Gasteiger partial charge on any atom is 0.288 e. The molecule has 0 bridgehead atoms. The molecule has 0 radical (unpaired) electrons. The topological polar surface area (TPSA) is 71.3 Å². The highest BCUT2D eigenvalue weighted by Crippen LogP contribution is 2.28. The number of nitrogens with one attached hydrogen (secondary N) is 1. The summed E-state index contributed by atoms with van der Waals surface area (Å²) in [4.78, 5) is 16.2. The molecule has 0 atom stereocenters. The first kappa shape index (κ1) is 11.3. The smallest absolute Gasteiger partial charge is 0.288 e. The van der Waals surface area contributed by atoms with Crippen molar-refractivity contribution in [3.8, 4) is 0 Å². The molecular formula is C9H11BrN4O2. The summed E-state index contributed by atoms with van der Waals surface area (Å²) in [7, 11) is 1.93. The number of likely N-dealkylation sites (N-methyl/N-ethyl adjacent to an activating group) is 1. The molecule has 7 heteroatoms. The molecule has 1 N–H and O–H groups in total. The Labute approximate surface area is 101 Å². The van der Waals surface area contributed by atoms with Gasteiger partial charge in [0.1, 0.15) is 12.0 Å². The van der Waals surface area contributed by atoms with Crippen molar-refractivity contribution in [2.24, 2.45) is 0 Å². The van der Waals surface area contributed by atoms with E-state index in [9.17, 15) is 10.1 Å². The molecule has 0 saturated carbocycles. The number of aromatic nitrogens is 1. The Morgan fingerprint density at radius 1 is 1.69 bits per heavy atom. The normalized spacial score (nSPS) is 15.6. The number of pyridine rings is 1. The van der Waals surface area contributed by atoms with Crippen molar-refractivity contribution in [2.45, 2.75) is 6.04 Å². The highest BCUT2D eigenvalue weighted by atomic mass is 79.9. The van der Waals surface area contributed by atoms with Crippen LogP contribution in [0.1, 0.15) is 0 Å². The van der Waals surface area contributed by atoms with E-state index < -0.39 is 4.92 Å². The van der Waals surface area contributed by atoms with Crippen molar-refractivity contribution in [1.82, 2.24) is 10.3 Å². The molecule has 1 aromatic rings. The lowest BCUT2D eigenvalue weighted by Crippen LogP contribution is -2.56. The van der Waals surface area contributed by atoms with Crippen molar-refractivity contribution in [1.29, 1.82) is 0 Å². The van der Waals surface area contributed by atoms with Crippen LogP contribution in [0.25, 0.3) is 0 Å². The fraction of sp³-hybridized carbons (Fsp3) is 0.444. The number of anilines is 1. The lowest BCUT2D eigenvalue weighted by Gasteiger charge is -2.36. The Bertz CT molecular complexity index is 422. The monoisotopic (exact) mass is 286 g/mol. The lowest BCUT2D eigenvalue weighted by molar-refractivity contribution is -0.385. The molecule has 1 aliphatic heterocycles. The van der Waals surface area contributed by atoms with Gasteiger partial charge in [-0.2, -0.15) is 0 Å². The number of halogens is 1. The van der Waals surface area contributed by atoms with Crippen molar-refractivity contribution in [2.75, 3.05) is 25.0 Å². The third-order valence-corrected chi connectivity index (χ3v) is 3.24. The van der Waals surface area contributed by atoms with E-state index in [1.165, 1.54) is 12.3 Å². The average Bonchev–Trinajstić information content (AvgIpc) is 2.14. The third-order valence-electron chi connectivity index (χ3n) is 2.66. The van der Waals surface area contributed by atoms with E-state index in [1.54, 1.807) is 0 Å². The van der Waals surface area contributed by atoms with Gasteiger partial charge >= 0.3 is 0 Å². The molecule has 1 aromatic heterocycles. The average molecular weight is 287 g/mol. The summed E-state index contributed by atoms with van der Waals surface area (Å²) in [5.74, 6) is 0.733. The Balaban J connectivity index is 2.24. The first-order valence-electron chi connectivity index (χ1n) is 4.83. The van der Waals surface area contributed by atoms with Crippen LogP contribution < -0.4 is 10.2 Å². The van der Waals surface area contributed by atoms with Gasteiger partial charge in [0, 0.05) is 26.2 Å². The van der Waals surface area contributed by atoms with Gasteiger partial charge in [-0.05, 0) is 15.9 Å². The largest absolute Gasteiger partial charge is 0.353 e. The molecule has 0 unspecified atom stereocenters. The number of nitrogens with zero attached hydrogens (tertiary/aromatic N) is 3. The van der Waals surface area contributed by atoms with E-state index in [2.05, 4.69) is 26.2 Å². The second kappa shape index (κ2) is 4.34. The standard InChI is InChI=1S/C9H11BrN4O2/c1-13(7-3-11-4-7)9-8(10)2-6(5-12-9)14(15)16/h2,5,7,11H,3-4H2,1H3. The highest BCUT2D eigenvalue weighted by Gasteiger charge is 2.24. The second-order valence-corrected chi connectivity index (χ2v) is 4.53. The van der Waals surface area contributed by atoms with Gasteiger partial charge in [-0.1, -0.05) is 0 Å². The highest BCUT2D eigenvalue weighted by molar-refractivity contribution is 9.10. The Kier molecular flexibility index (Phi) is 3.06. The summed E-state index contributed by atoms with van der Waals surface area (Å²) in [6, 6.07) is 1.88. The molecule has 1 fully saturated rings. The molecule has 0 aromatic carbocycles. The van der Waals surface area contributed by atoms with Crippen LogP contribution in [0.4, 0.5) is 11.5 Å². The van der Waals surface area contributed by atoms with E-state index in [0.29, 0.717) is 10.5 Å². The SMILES string of the molecule is CN(c1ncc([N+](=O)[O-])cc1Br)C1CNC1. The first-order valence-corrected chi connectivity index (χ1v) is 5.62. The zero-order valence-electron chi connectivity index (χ0n) is 8.68. The second-order valence-electron chi connectivity index (χ2n) is 3.68. The summed E-state index contributed by atoms with van der Waals surface area (Å²) in [5.41, 5.74) is -0.00393. The molecule has 2 rings (SSSR count). The molecule has 0 aliphatic carbocycles. The van der Waals surface area contributed by atoms with E-state index in [-0.39, 0.29) is 5.69 Å². The minimum Gasteiger partial charge on any atom is -0.353 e. The van der Waals surface area contributed by atoms with Crippen LogP contribution in [0.5, 0.6) is 0 Å². The molecule has 16 heavy (non-hydrogen) atoms. The Morgan fingerprint density at radius 3 is 2.81 bits per heavy atom. The Morgan fingerprint density at radius 2 is 2.38 bits per heavy atom. The van der Waals surface area contributed by atoms with Gasteiger partial charge in [-0.15, -0.1) is 0 Å². The minimum atomic E-state index is -0.452. The quantitative estimate of drug-likeness (QED) is 0.667. The van der Waals surface area contributed by atoms with Gasteiger partial charge < -0.3 is 10.2 Å². The van der Waals surface area contributed by atoms with E-state index in [0.717, 1.165) is 18.9 Å². The predicted octanol–water partition coefficient (Wildman–Crippen LogP) is 1.16. The van der Waals surface area contributed by atoms with Crippen LogP contribution >= 0.6 is 15.9 Å². The number of hydrogen-bond acceptors (Lipinski definition) is 5. The van der Waals surface area contributed by atoms with Crippen molar-refractivity contribution in [3.63, 3.8) is 0 Å². The maximum atomic E-state index is 10.6. The molecule has 86 valence electrons. The zero-order chi connectivity index (χ0) is 11.7. The summed E-state index contributed by atoms with van der Waals surface area (Å²) in [6.07, 6.45) is 1.28. The predicted molar refractivity (Wildman–Crippen MR) is 63.7 cm³/mol. The molecule has 6 nitrogen and oxygen atoms in total. The van der Waals surface area contributed by atoms with Crippen LogP contribution in [-0.2, 0) is 0 Å². The van der Waals surface area contributed by atoms with Crippen LogP contribution in [0.2, 0.25) is 0 Å². The Hall–Kier alpha value is -1.21. The van der Waals surface area contributed by atoms with Gasteiger partial charge in [0.25, 0.3) is 5.69 Å². The fourth-order valence-corrected chi connectivity index (χ4v) is 2.12. The number of nitro groups is 1. The molecular weight excluding hydrogens is 276 g/mol. The van der Waals surface area contributed by atoms with E-state index in [1.807, 2.05) is 11.9 Å². The van der Waals surface area contributed by atoms with Crippen molar-refractivity contribution >= 4 is 27.4 Å². The van der Waals surface area contributed by atoms with Crippen LogP contribution in [0.15, 0.2) is 16.7 Å². The number of rotatable bonds is 3. The van der Waals surface area contributed by atoms with Gasteiger partial charge in [-0.3, -0.25) is 10.1 Å². The van der Waals surface area contributed by atoms with Gasteiger partial charge in [0.05, 0.1) is 15.4 Å². The van der Waals surface area contributed by atoms with E-state index in [4.69, 9.17) is 0 Å². The van der Waals surface area contributed by atoms with E-state index >= 15 is 0 Å². The fourth-order valence-electron chi connectivity index (χ4n) is 1.50. The van der Waals surface area contributed by atoms with Crippen LogP contribution in [0, 0.1) is 10.1 Å². The lowest BCUT2D eigenvalue weighted by atomic mass is 10.1. The maximum absolute atomic E-state index is 10.6. The van der Waals surface area contributed by atoms with Gasteiger partial charge in [-0.25, -0.2) is 4.98 Å². The summed E-state index contributed by atoms with van der Waals surface area (Å²) in [6.45, 7) is 1.84. The zero-order valence-corrected chi connectivity index (χ0v) is 10.3. The van der Waals surface area contributed by atoms with Crippen molar-refractivity contribution < 1.29 is 4.92 Å². The van der Waals surface area contributed by atoms with Crippen molar-refractivity contribution in [3.05, 3.63) is 26.9 Å². The summed E-state index contributed by atoms with van der Waals surface area (Å²) < 4.78 is 0.649. The molecule has 0 amide bonds. The summed E-state index contributed by atoms with van der Waals surface area (Å²) in [5, 5.41) is 13.7. The molecule has 1 aliphatic rings. The third kappa shape index (κ3) is 2.00. The first-order chi connectivity index (χ1) is 7.59.